The fourth-order valence-electron chi connectivity index (χ4n) is 18.2. The van der Waals surface area contributed by atoms with Crippen LogP contribution in [0.15, 0.2) is 306 Å². The summed E-state index contributed by atoms with van der Waals surface area (Å²) in [6, 6.07) is 112. The maximum atomic E-state index is 7.07. The van der Waals surface area contributed by atoms with Gasteiger partial charge in [0, 0.05) is 49.6 Å². The molecular formula is C89H55NO2. The van der Waals surface area contributed by atoms with E-state index < -0.39 is 16.2 Å². The second-order valence-corrected chi connectivity index (χ2v) is 26.4. The van der Waals surface area contributed by atoms with E-state index in [0.29, 0.717) is 0 Å². The summed E-state index contributed by atoms with van der Waals surface area (Å²) in [6.07, 6.45) is 0. The molecule has 16 aromatic rings. The monoisotopic (exact) mass is 1170 g/mol. The van der Waals surface area contributed by atoms with Gasteiger partial charge in [0.2, 0.25) is 0 Å². The average molecular weight is 1170 g/mol. The molecular weight excluding hydrogens is 1110 g/mol. The van der Waals surface area contributed by atoms with Crippen LogP contribution in [-0.4, -0.2) is 0 Å². The van der Waals surface area contributed by atoms with Crippen molar-refractivity contribution < 1.29 is 8.83 Å². The second kappa shape index (κ2) is 17.9. The molecule has 0 bridgehead atoms. The minimum atomic E-state index is -0.670. The summed E-state index contributed by atoms with van der Waals surface area (Å²) in [5.74, 6) is 0. The van der Waals surface area contributed by atoms with Gasteiger partial charge in [-0.05, 0) is 201 Å². The van der Waals surface area contributed by atoms with Crippen molar-refractivity contribution in [3.63, 3.8) is 0 Å². The molecule has 0 saturated carbocycles. The van der Waals surface area contributed by atoms with E-state index in [0.717, 1.165) is 61.3 Å². The van der Waals surface area contributed by atoms with Crippen LogP contribution in [0, 0.1) is 0 Å². The van der Waals surface area contributed by atoms with Crippen molar-refractivity contribution in [3.8, 4) is 77.9 Å². The Morgan fingerprint density at radius 1 is 0.250 bits per heavy atom. The topological polar surface area (TPSA) is 29.5 Å². The summed E-state index contributed by atoms with van der Waals surface area (Å²) in [5.41, 5.74) is 35.6. The first-order valence-electron chi connectivity index (χ1n) is 32.2. The van der Waals surface area contributed by atoms with Crippen molar-refractivity contribution in [2.45, 2.75) is 30.1 Å². The number of furan rings is 2. The van der Waals surface area contributed by atoms with Crippen LogP contribution in [0.25, 0.3) is 122 Å². The number of benzene rings is 14. The molecule has 3 nitrogen and oxygen atoms in total. The van der Waals surface area contributed by atoms with E-state index in [-0.39, 0.29) is 0 Å². The van der Waals surface area contributed by atoms with Crippen LogP contribution >= 0.6 is 0 Å². The first kappa shape index (κ1) is 50.4. The highest BCUT2D eigenvalue weighted by molar-refractivity contribution is 6.20. The Morgan fingerprint density at radius 2 is 0.696 bits per heavy atom. The Bertz CT molecular complexity index is 5840. The summed E-state index contributed by atoms with van der Waals surface area (Å²) in [4.78, 5) is 2.51. The van der Waals surface area contributed by atoms with Gasteiger partial charge in [0.05, 0.1) is 10.8 Å². The number of anilines is 3. The van der Waals surface area contributed by atoms with Gasteiger partial charge in [-0.25, -0.2) is 0 Å². The highest BCUT2D eigenvalue weighted by Gasteiger charge is 2.57. The molecule has 21 rings (SSSR count). The molecule has 3 heteroatoms. The molecule has 0 fully saturated rings. The predicted octanol–water partition coefficient (Wildman–Crippen LogP) is 23.3. The van der Waals surface area contributed by atoms with Crippen LogP contribution in [0.3, 0.4) is 0 Å². The third-order valence-electron chi connectivity index (χ3n) is 21.9. The van der Waals surface area contributed by atoms with E-state index in [1.165, 1.54) is 133 Å². The summed E-state index contributed by atoms with van der Waals surface area (Å²) >= 11 is 0. The SMILES string of the molecule is CC1(C)c2cc(N(c3ccccc3)c3ccc4c(c3)C3(c5ccccc5-c5ccccc53)c3cc5c(cc3-4)C3(c4ccccc4-c4ccccc43)c3ccc4oc6ccccc6c4c3-5)ccc2-c2c1cc(-c1ccccc1-c1ccccc1)c1oc3ccccc3c21. The normalized spacial score (nSPS) is 14.7. The fourth-order valence-corrected chi connectivity index (χ4v) is 18.2. The van der Waals surface area contributed by atoms with Crippen molar-refractivity contribution in [3.05, 3.63) is 353 Å². The molecule has 2 heterocycles. The molecule has 0 unspecified atom stereocenters. The number of rotatable bonds is 5. The lowest BCUT2D eigenvalue weighted by Gasteiger charge is -2.33. The zero-order valence-corrected chi connectivity index (χ0v) is 50.6. The molecule has 14 aromatic carbocycles. The third kappa shape index (κ3) is 6.16. The number of hydrogen-bond donors (Lipinski definition) is 0. The summed E-state index contributed by atoms with van der Waals surface area (Å²) in [7, 11) is 0. The maximum Gasteiger partial charge on any atom is 0.143 e. The lowest BCUT2D eigenvalue weighted by molar-refractivity contribution is 0.657. The van der Waals surface area contributed by atoms with Crippen LogP contribution < -0.4 is 4.90 Å². The predicted molar refractivity (Wildman–Crippen MR) is 377 cm³/mol. The molecule has 0 N–H and O–H groups in total. The van der Waals surface area contributed by atoms with E-state index in [9.17, 15) is 0 Å². The average Bonchev–Trinajstić information content (AvgIpc) is 1.49. The Labute approximate surface area is 532 Å². The summed E-state index contributed by atoms with van der Waals surface area (Å²) in [5, 5.41) is 4.61. The van der Waals surface area contributed by atoms with E-state index in [1.54, 1.807) is 0 Å². The van der Waals surface area contributed by atoms with Gasteiger partial charge in [-0.15, -0.1) is 0 Å². The van der Waals surface area contributed by atoms with Crippen molar-refractivity contribution >= 4 is 60.9 Å². The van der Waals surface area contributed by atoms with Crippen LogP contribution in [0.1, 0.15) is 69.5 Å². The largest absolute Gasteiger partial charge is 0.456 e. The molecule has 5 aliphatic rings. The molecule has 0 radical (unpaired) electrons. The standard InChI is InChI=1S/C89H55NO2/c1-87(2)74-47-54(42-44-63(74)82-78(87)50-67(86-85(82)65-34-16-22-40-80(65)92-86)57-28-10-9-27-56(57)52-23-5-3-6-24-52)90(53-25-7-4-8-26-53)55-41-43-62-66-49-77-68(51-76(66)89(75(62)48-55)71-37-19-13-31-60(71)61-32-14-20-38-72(61)89)83-73(45-46-81-84(83)64-33-15-21-39-79(64)91-81)88(77)69-35-17-11-29-58(69)59-30-12-18-36-70(59)88/h3-51H,1-2H3. The minimum Gasteiger partial charge on any atom is -0.456 e. The molecule has 2 aromatic heterocycles. The number of para-hydroxylation sites is 3. The molecule has 92 heavy (non-hydrogen) atoms. The van der Waals surface area contributed by atoms with Gasteiger partial charge < -0.3 is 13.7 Å². The van der Waals surface area contributed by atoms with Crippen LogP contribution in [0.2, 0.25) is 0 Å². The molecule has 2 spiro atoms. The number of fused-ring (bicyclic) bond motifs is 31. The van der Waals surface area contributed by atoms with Crippen LogP contribution in [0.5, 0.6) is 0 Å². The van der Waals surface area contributed by atoms with E-state index in [2.05, 4.69) is 316 Å². The molecule has 428 valence electrons. The molecule has 5 aliphatic carbocycles. The minimum absolute atomic E-state index is 0.391. The van der Waals surface area contributed by atoms with Crippen molar-refractivity contribution in [1.29, 1.82) is 0 Å². The van der Waals surface area contributed by atoms with Gasteiger partial charge in [0.25, 0.3) is 0 Å². The quantitative estimate of drug-likeness (QED) is 0.172. The Hall–Kier alpha value is -11.5. The van der Waals surface area contributed by atoms with Crippen LogP contribution in [-0.2, 0) is 16.2 Å². The molecule has 0 aliphatic heterocycles. The van der Waals surface area contributed by atoms with E-state index >= 15 is 0 Å². The second-order valence-electron chi connectivity index (χ2n) is 26.4. The van der Waals surface area contributed by atoms with Crippen molar-refractivity contribution in [2.24, 2.45) is 0 Å². The first-order chi connectivity index (χ1) is 45.4. The fraction of sp³-hybridized carbons (Fsp3) is 0.0562. The number of hydrogen-bond acceptors (Lipinski definition) is 3. The van der Waals surface area contributed by atoms with Crippen LogP contribution in [0.4, 0.5) is 17.1 Å². The smallest absolute Gasteiger partial charge is 0.143 e. The molecule has 0 saturated heterocycles. The van der Waals surface area contributed by atoms with Gasteiger partial charge >= 0.3 is 0 Å². The maximum absolute atomic E-state index is 7.07. The van der Waals surface area contributed by atoms with Gasteiger partial charge in [0.1, 0.15) is 22.3 Å². The van der Waals surface area contributed by atoms with Gasteiger partial charge in [0.15, 0.2) is 0 Å². The highest BCUT2D eigenvalue weighted by Crippen LogP contribution is 2.70. The zero-order chi connectivity index (χ0) is 60.3. The summed E-state index contributed by atoms with van der Waals surface area (Å²) < 4.78 is 13.9. The van der Waals surface area contributed by atoms with Crippen molar-refractivity contribution in [1.82, 2.24) is 0 Å². The van der Waals surface area contributed by atoms with Gasteiger partial charge in [-0.2, -0.15) is 0 Å². The lowest BCUT2D eigenvalue weighted by atomic mass is 9.68. The van der Waals surface area contributed by atoms with E-state index in [1.807, 2.05) is 0 Å². The van der Waals surface area contributed by atoms with E-state index in [4.69, 9.17) is 8.83 Å². The first-order valence-corrected chi connectivity index (χ1v) is 32.2. The lowest BCUT2D eigenvalue weighted by Crippen LogP contribution is -2.27. The van der Waals surface area contributed by atoms with Gasteiger partial charge in [-0.1, -0.05) is 238 Å². The molecule has 0 atom stereocenters. The third-order valence-corrected chi connectivity index (χ3v) is 21.9. The Morgan fingerprint density at radius 3 is 1.34 bits per heavy atom. The number of nitrogens with zero attached hydrogens (tertiary/aromatic N) is 1. The molecule has 0 amide bonds. The zero-order valence-electron chi connectivity index (χ0n) is 50.6. The summed E-state index contributed by atoms with van der Waals surface area (Å²) in [6.45, 7) is 4.84. The van der Waals surface area contributed by atoms with Crippen molar-refractivity contribution in [2.75, 3.05) is 4.90 Å². The Kier molecular flexibility index (Phi) is 9.78. The Balaban J connectivity index is 0.808. The van der Waals surface area contributed by atoms with Gasteiger partial charge in [-0.3, -0.25) is 0 Å². The highest BCUT2D eigenvalue weighted by atomic mass is 16.3.